The Hall–Kier alpha value is -1.54. The fourth-order valence-electron chi connectivity index (χ4n) is 4.53. The second kappa shape index (κ2) is 31.7. The first-order valence-electron chi connectivity index (χ1n) is 18.4. The highest BCUT2D eigenvalue weighted by Crippen LogP contribution is 2.38. The predicted octanol–water partition coefficient (Wildman–Crippen LogP) is 9.41. The quantitative estimate of drug-likeness (QED) is 0.0224. The van der Waals surface area contributed by atoms with Crippen LogP contribution < -0.4 is 4.89 Å². The van der Waals surface area contributed by atoms with Gasteiger partial charge in [-0.05, 0) is 51.4 Å². The van der Waals surface area contributed by atoms with Crippen molar-refractivity contribution in [2.75, 3.05) is 54.1 Å². The summed E-state index contributed by atoms with van der Waals surface area (Å²) in [7, 11) is 1.33. The summed E-state index contributed by atoms with van der Waals surface area (Å²) in [6.07, 6.45) is 35.5. The summed E-state index contributed by atoms with van der Waals surface area (Å²) < 4.78 is 34.3. The molecule has 0 aromatic rings. The van der Waals surface area contributed by atoms with Gasteiger partial charge in [-0.2, -0.15) is 0 Å². The Balaban J connectivity index is 4.33. The molecule has 8 nitrogen and oxygen atoms in total. The van der Waals surface area contributed by atoms with Crippen LogP contribution in [0.4, 0.5) is 0 Å². The van der Waals surface area contributed by atoms with Crippen molar-refractivity contribution < 1.29 is 37.3 Å². The van der Waals surface area contributed by atoms with E-state index in [1.54, 1.807) is 0 Å². The Labute approximate surface area is 288 Å². The minimum absolute atomic E-state index is 0.0198. The molecule has 0 fully saturated rings. The van der Waals surface area contributed by atoms with E-state index in [1.807, 2.05) is 21.1 Å². The number of nitrogens with zero attached hydrogens (tertiary/aromatic N) is 1. The van der Waals surface area contributed by atoms with Crippen molar-refractivity contribution >= 4 is 13.8 Å². The number of allylic oxidation sites excluding steroid dienone is 8. The maximum Gasteiger partial charge on any atom is 0.306 e. The van der Waals surface area contributed by atoms with Crippen LogP contribution in [0.2, 0.25) is 0 Å². The first-order valence-corrected chi connectivity index (χ1v) is 19.8. The van der Waals surface area contributed by atoms with E-state index in [4.69, 9.17) is 18.5 Å². The lowest BCUT2D eigenvalue weighted by atomic mass is 10.1. The Kier molecular flexibility index (Phi) is 30.7. The molecule has 0 aliphatic rings. The van der Waals surface area contributed by atoms with Crippen LogP contribution in [0.15, 0.2) is 48.6 Å². The number of carbonyl (C=O) groups excluding carboxylic acids is 1. The monoisotopic (exact) mass is 683 g/mol. The number of carbonyl (C=O) groups is 1. The van der Waals surface area contributed by atoms with Crippen LogP contribution in [0.5, 0.6) is 0 Å². The zero-order valence-corrected chi connectivity index (χ0v) is 31.6. The van der Waals surface area contributed by atoms with Crippen molar-refractivity contribution in [3.8, 4) is 0 Å². The minimum Gasteiger partial charge on any atom is -0.756 e. The van der Waals surface area contributed by atoms with Gasteiger partial charge in [0.2, 0.25) is 0 Å². The van der Waals surface area contributed by atoms with Gasteiger partial charge in [0, 0.05) is 13.0 Å². The van der Waals surface area contributed by atoms with E-state index >= 15 is 0 Å². The molecule has 0 radical (unpaired) electrons. The Morgan fingerprint density at radius 2 is 1.23 bits per heavy atom. The third-order valence-corrected chi connectivity index (χ3v) is 8.36. The van der Waals surface area contributed by atoms with Gasteiger partial charge in [-0.1, -0.05) is 120 Å². The van der Waals surface area contributed by atoms with Crippen molar-refractivity contribution in [1.82, 2.24) is 0 Å². The summed E-state index contributed by atoms with van der Waals surface area (Å²) in [6, 6.07) is 0. The van der Waals surface area contributed by atoms with Crippen LogP contribution in [-0.4, -0.2) is 70.7 Å². The summed E-state index contributed by atoms with van der Waals surface area (Å²) >= 11 is 0. The molecule has 0 N–H and O–H groups in total. The highest BCUT2D eigenvalue weighted by molar-refractivity contribution is 7.45. The van der Waals surface area contributed by atoms with Crippen molar-refractivity contribution in [2.45, 2.75) is 136 Å². The summed E-state index contributed by atoms with van der Waals surface area (Å²) in [5.41, 5.74) is 0. The molecule has 0 amide bonds. The molecule has 2 atom stereocenters. The van der Waals surface area contributed by atoms with Gasteiger partial charge >= 0.3 is 5.97 Å². The number of rotatable bonds is 33. The molecule has 0 aliphatic heterocycles. The van der Waals surface area contributed by atoms with Gasteiger partial charge in [0.25, 0.3) is 7.82 Å². The molecule has 2 unspecified atom stereocenters. The van der Waals surface area contributed by atoms with Gasteiger partial charge in [-0.25, -0.2) is 0 Å². The second-order valence-electron chi connectivity index (χ2n) is 13.2. The normalized spacial score (nSPS) is 14.6. The number of phosphoric acid groups is 1. The third-order valence-electron chi connectivity index (χ3n) is 7.39. The topological polar surface area (TPSA) is 94.1 Å². The van der Waals surface area contributed by atoms with Crippen LogP contribution in [0, 0.1) is 0 Å². The van der Waals surface area contributed by atoms with E-state index in [-0.39, 0.29) is 32.2 Å². The van der Waals surface area contributed by atoms with Crippen LogP contribution in [-0.2, 0) is 27.9 Å². The number of phosphoric ester groups is 1. The highest BCUT2D eigenvalue weighted by atomic mass is 31.2. The molecule has 0 heterocycles. The van der Waals surface area contributed by atoms with E-state index in [9.17, 15) is 14.3 Å². The van der Waals surface area contributed by atoms with Crippen LogP contribution in [0.1, 0.15) is 129 Å². The van der Waals surface area contributed by atoms with Crippen molar-refractivity contribution in [3.05, 3.63) is 48.6 Å². The van der Waals surface area contributed by atoms with Crippen LogP contribution in [0.3, 0.4) is 0 Å². The molecular weight excluding hydrogens is 613 g/mol. The minimum atomic E-state index is -4.52. The van der Waals surface area contributed by atoms with E-state index in [2.05, 4.69) is 62.5 Å². The van der Waals surface area contributed by atoms with Crippen molar-refractivity contribution in [3.63, 3.8) is 0 Å². The SMILES string of the molecule is CC/C=C\C/C=C\C/C=C\C/C=C\CCCCCCC(=O)OC(COCCCCCCCCCC)COP(=O)([O-])OCC[N+](C)(C)C. The molecule has 0 aromatic heterocycles. The zero-order valence-electron chi connectivity index (χ0n) is 30.7. The number of esters is 1. The van der Waals surface area contributed by atoms with Gasteiger partial charge in [0.15, 0.2) is 0 Å². The number of quaternary nitrogens is 1. The molecular formula is C38H70NO7P. The molecule has 0 saturated heterocycles. The van der Waals surface area contributed by atoms with E-state index in [1.165, 1.54) is 38.5 Å². The number of unbranched alkanes of at least 4 members (excludes halogenated alkanes) is 11. The molecule has 0 rings (SSSR count). The molecule has 0 bridgehead atoms. The van der Waals surface area contributed by atoms with Gasteiger partial charge < -0.3 is 27.9 Å². The third kappa shape index (κ3) is 35.6. The predicted molar refractivity (Wildman–Crippen MR) is 194 cm³/mol. The lowest BCUT2D eigenvalue weighted by molar-refractivity contribution is -0.870. The first-order chi connectivity index (χ1) is 22.6. The largest absolute Gasteiger partial charge is 0.756 e. The zero-order chi connectivity index (χ0) is 34.9. The average molecular weight is 684 g/mol. The molecule has 0 aliphatic carbocycles. The maximum atomic E-state index is 12.6. The molecule has 0 spiro atoms. The molecule has 0 aromatic carbocycles. The van der Waals surface area contributed by atoms with Crippen LogP contribution in [0.25, 0.3) is 0 Å². The smallest absolute Gasteiger partial charge is 0.306 e. The maximum absolute atomic E-state index is 12.6. The highest BCUT2D eigenvalue weighted by Gasteiger charge is 2.20. The fraction of sp³-hybridized carbons (Fsp3) is 0.763. The summed E-state index contributed by atoms with van der Waals surface area (Å²) in [6.45, 7) is 5.21. The van der Waals surface area contributed by atoms with Crippen LogP contribution >= 0.6 is 7.82 Å². The van der Waals surface area contributed by atoms with Gasteiger partial charge in [0.05, 0.1) is 34.4 Å². The summed E-state index contributed by atoms with van der Waals surface area (Å²) in [5.74, 6) is -0.361. The molecule has 9 heteroatoms. The van der Waals surface area contributed by atoms with E-state index < -0.39 is 13.9 Å². The number of ether oxygens (including phenoxy) is 2. The molecule has 274 valence electrons. The lowest BCUT2D eigenvalue weighted by Gasteiger charge is -2.28. The Morgan fingerprint density at radius 1 is 0.681 bits per heavy atom. The Bertz CT molecular complexity index is 895. The summed E-state index contributed by atoms with van der Waals surface area (Å²) in [4.78, 5) is 24.8. The van der Waals surface area contributed by atoms with Gasteiger partial charge in [-0.15, -0.1) is 0 Å². The van der Waals surface area contributed by atoms with Crippen molar-refractivity contribution in [1.29, 1.82) is 0 Å². The molecule has 47 heavy (non-hydrogen) atoms. The fourth-order valence-corrected chi connectivity index (χ4v) is 5.26. The number of hydrogen-bond acceptors (Lipinski definition) is 7. The van der Waals surface area contributed by atoms with E-state index in [0.717, 1.165) is 70.6 Å². The summed E-state index contributed by atoms with van der Waals surface area (Å²) in [5, 5.41) is 0. The average Bonchev–Trinajstić information content (AvgIpc) is 3.01. The Morgan fingerprint density at radius 3 is 1.85 bits per heavy atom. The second-order valence-corrected chi connectivity index (χ2v) is 14.6. The van der Waals surface area contributed by atoms with Crippen molar-refractivity contribution in [2.24, 2.45) is 0 Å². The number of likely N-dealkylation sites (N-methyl/N-ethyl adjacent to an activating group) is 1. The molecule has 0 saturated carbocycles. The van der Waals surface area contributed by atoms with Gasteiger partial charge in [-0.3, -0.25) is 9.36 Å². The van der Waals surface area contributed by atoms with E-state index in [0.29, 0.717) is 17.6 Å². The standard InChI is InChI=1S/C38H70NO7P/c1-6-8-10-12-14-16-17-18-19-20-21-22-23-24-25-27-29-31-38(40)46-37(35-43-33-30-28-26-15-13-11-9-7-2)36-45-47(41,42)44-34-32-39(3,4)5/h8,10,14,16,18-19,21-22,37H,6-7,9,11-13,15,17,20,23-36H2,1-5H3/b10-8-,16-14-,19-18-,22-21-. The van der Waals surface area contributed by atoms with Gasteiger partial charge in [0.1, 0.15) is 19.3 Å². The lowest BCUT2D eigenvalue weighted by Crippen LogP contribution is -2.37. The first kappa shape index (κ1) is 45.5. The number of hydrogen-bond donors (Lipinski definition) is 0.